The van der Waals surface area contributed by atoms with E-state index in [1.54, 1.807) is 21.6 Å². The van der Waals surface area contributed by atoms with Gasteiger partial charge in [0.15, 0.2) is 0 Å². The van der Waals surface area contributed by atoms with E-state index in [4.69, 9.17) is 0 Å². The van der Waals surface area contributed by atoms with Gasteiger partial charge in [0.25, 0.3) is 5.91 Å². The fourth-order valence-corrected chi connectivity index (χ4v) is 4.82. The van der Waals surface area contributed by atoms with Gasteiger partial charge in [0.2, 0.25) is 0 Å². The van der Waals surface area contributed by atoms with Crippen LogP contribution in [0.5, 0.6) is 0 Å². The molecule has 0 saturated carbocycles. The van der Waals surface area contributed by atoms with Crippen molar-refractivity contribution in [2.45, 2.75) is 18.9 Å². The van der Waals surface area contributed by atoms with Crippen molar-refractivity contribution in [3.63, 3.8) is 0 Å². The third-order valence-electron chi connectivity index (χ3n) is 6.72. The number of hydrogen-bond donors (Lipinski definition) is 2. The molecule has 0 radical (unpaired) electrons. The lowest BCUT2D eigenvalue weighted by molar-refractivity contribution is 0.0918. The SMILES string of the molecule is CN1CCC(NC(=O)c2cnn3ccc(-c4c[nH]c5nccc(-c6cnn(C)c6)c45)cc23)CC1. The minimum Gasteiger partial charge on any atom is -0.349 e. The van der Waals surface area contributed by atoms with Crippen molar-refractivity contribution in [3.05, 3.63) is 60.9 Å². The molecule has 1 aliphatic rings. The van der Waals surface area contributed by atoms with Gasteiger partial charge in [0, 0.05) is 54.4 Å². The Hall–Kier alpha value is -3.98. The molecule has 0 aliphatic carbocycles. The summed E-state index contributed by atoms with van der Waals surface area (Å²) < 4.78 is 3.55. The highest BCUT2D eigenvalue weighted by Gasteiger charge is 2.22. The molecule has 1 saturated heterocycles. The zero-order valence-corrected chi connectivity index (χ0v) is 19.2. The van der Waals surface area contributed by atoms with Crippen molar-refractivity contribution in [2.75, 3.05) is 20.1 Å². The van der Waals surface area contributed by atoms with Crippen LogP contribution in [0.25, 0.3) is 38.8 Å². The summed E-state index contributed by atoms with van der Waals surface area (Å²) in [4.78, 5) is 23.2. The minimum absolute atomic E-state index is 0.0710. The predicted octanol–water partition coefficient (Wildman–Crippen LogP) is 3.10. The Labute approximate surface area is 196 Å². The number of nitrogens with zero attached hydrogens (tertiary/aromatic N) is 6. The quantitative estimate of drug-likeness (QED) is 0.435. The number of fused-ring (bicyclic) bond motifs is 2. The van der Waals surface area contributed by atoms with Gasteiger partial charge in [-0.2, -0.15) is 10.2 Å². The molecule has 0 atom stereocenters. The molecule has 6 rings (SSSR count). The molecule has 5 aromatic heterocycles. The Morgan fingerprint density at radius 2 is 1.94 bits per heavy atom. The van der Waals surface area contributed by atoms with Crippen LogP contribution in [0.1, 0.15) is 23.2 Å². The maximum Gasteiger partial charge on any atom is 0.255 e. The number of hydrogen-bond acceptors (Lipinski definition) is 5. The molecule has 1 fully saturated rings. The van der Waals surface area contributed by atoms with Crippen LogP contribution >= 0.6 is 0 Å². The van der Waals surface area contributed by atoms with E-state index in [1.807, 2.05) is 50.0 Å². The number of aromatic nitrogens is 6. The van der Waals surface area contributed by atoms with E-state index < -0.39 is 0 Å². The van der Waals surface area contributed by atoms with E-state index in [0.717, 1.165) is 64.7 Å². The van der Waals surface area contributed by atoms with Crippen LogP contribution in [0.3, 0.4) is 0 Å². The van der Waals surface area contributed by atoms with Crippen LogP contribution in [-0.2, 0) is 7.05 Å². The standard InChI is InChI=1S/C25H26N8O/c1-31-8-5-18(6-9-31)30-25(34)21-14-29-33-10-4-16(11-22(21)33)20-13-27-24-23(20)19(3-7-26-24)17-12-28-32(2)15-17/h3-4,7,10-15,18H,5-6,8-9H2,1-2H3,(H,26,27)(H,30,34). The van der Waals surface area contributed by atoms with Crippen LogP contribution in [-0.4, -0.2) is 66.3 Å². The third-order valence-corrected chi connectivity index (χ3v) is 6.72. The van der Waals surface area contributed by atoms with Gasteiger partial charge in [0.05, 0.1) is 23.5 Å². The molecule has 6 heterocycles. The zero-order valence-electron chi connectivity index (χ0n) is 19.2. The number of aryl methyl sites for hydroxylation is 1. The number of piperidine rings is 1. The number of aromatic amines is 1. The average molecular weight is 455 g/mol. The summed E-state index contributed by atoms with van der Waals surface area (Å²) in [7, 11) is 4.02. The molecular weight excluding hydrogens is 428 g/mol. The first kappa shape index (κ1) is 20.6. The maximum atomic E-state index is 13.1. The topological polar surface area (TPSA) is 96.1 Å². The van der Waals surface area contributed by atoms with E-state index in [-0.39, 0.29) is 11.9 Å². The fourth-order valence-electron chi connectivity index (χ4n) is 4.82. The number of rotatable bonds is 4. The van der Waals surface area contributed by atoms with Gasteiger partial charge < -0.3 is 15.2 Å². The van der Waals surface area contributed by atoms with Crippen LogP contribution < -0.4 is 5.32 Å². The number of pyridine rings is 2. The lowest BCUT2D eigenvalue weighted by atomic mass is 9.99. The van der Waals surface area contributed by atoms with Gasteiger partial charge in [-0.3, -0.25) is 9.48 Å². The van der Waals surface area contributed by atoms with Gasteiger partial charge >= 0.3 is 0 Å². The second-order valence-corrected chi connectivity index (χ2v) is 9.04. The molecular formula is C25H26N8O. The molecule has 1 aliphatic heterocycles. The molecule has 5 aromatic rings. The van der Waals surface area contributed by atoms with E-state index in [2.05, 4.69) is 37.4 Å². The van der Waals surface area contributed by atoms with Crippen molar-refractivity contribution >= 4 is 22.5 Å². The lowest BCUT2D eigenvalue weighted by Gasteiger charge is -2.29. The summed E-state index contributed by atoms with van der Waals surface area (Å²) >= 11 is 0. The lowest BCUT2D eigenvalue weighted by Crippen LogP contribution is -2.43. The molecule has 1 amide bonds. The summed E-state index contributed by atoms with van der Waals surface area (Å²) in [5.74, 6) is -0.0710. The van der Waals surface area contributed by atoms with Gasteiger partial charge in [-0.25, -0.2) is 9.50 Å². The smallest absolute Gasteiger partial charge is 0.255 e. The fraction of sp³-hybridized carbons (Fsp3) is 0.280. The van der Waals surface area contributed by atoms with E-state index in [1.165, 1.54) is 0 Å². The number of carbonyl (C=O) groups excluding carboxylic acids is 1. The normalized spacial score (nSPS) is 15.4. The molecule has 172 valence electrons. The van der Waals surface area contributed by atoms with Gasteiger partial charge in [-0.1, -0.05) is 0 Å². The van der Waals surface area contributed by atoms with Crippen LogP contribution in [0.4, 0.5) is 0 Å². The summed E-state index contributed by atoms with van der Waals surface area (Å²) in [6.45, 7) is 2.00. The zero-order chi connectivity index (χ0) is 23.2. The summed E-state index contributed by atoms with van der Waals surface area (Å²) in [5.41, 5.74) is 6.28. The summed E-state index contributed by atoms with van der Waals surface area (Å²) in [6.07, 6.45) is 13.1. The van der Waals surface area contributed by atoms with Gasteiger partial charge in [-0.15, -0.1) is 0 Å². The van der Waals surface area contributed by atoms with E-state index in [9.17, 15) is 4.79 Å². The highest BCUT2D eigenvalue weighted by molar-refractivity contribution is 6.05. The first-order chi connectivity index (χ1) is 16.6. The maximum absolute atomic E-state index is 13.1. The number of likely N-dealkylation sites (tertiary alicyclic amines) is 1. The minimum atomic E-state index is -0.0710. The third kappa shape index (κ3) is 3.54. The molecule has 2 N–H and O–H groups in total. The molecule has 0 spiro atoms. The largest absolute Gasteiger partial charge is 0.349 e. The number of amides is 1. The van der Waals surface area contributed by atoms with Crippen LogP contribution in [0, 0.1) is 0 Å². The average Bonchev–Trinajstić information content (AvgIpc) is 3.57. The Balaban J connectivity index is 1.39. The van der Waals surface area contributed by atoms with Gasteiger partial charge in [0.1, 0.15) is 5.65 Å². The van der Waals surface area contributed by atoms with Crippen molar-refractivity contribution in [1.82, 2.24) is 39.6 Å². The summed E-state index contributed by atoms with van der Waals surface area (Å²) in [5, 5.41) is 13.0. The Bertz CT molecular complexity index is 1500. The Morgan fingerprint density at radius 3 is 2.74 bits per heavy atom. The highest BCUT2D eigenvalue weighted by atomic mass is 16.1. The monoisotopic (exact) mass is 454 g/mol. The van der Waals surface area contributed by atoms with Crippen LogP contribution in [0.2, 0.25) is 0 Å². The first-order valence-electron chi connectivity index (χ1n) is 11.5. The second kappa shape index (κ2) is 8.11. The van der Waals surface area contributed by atoms with Crippen molar-refractivity contribution in [1.29, 1.82) is 0 Å². The molecule has 34 heavy (non-hydrogen) atoms. The Morgan fingerprint density at radius 1 is 1.09 bits per heavy atom. The Kier molecular flexibility index (Phi) is 4.91. The van der Waals surface area contributed by atoms with Crippen molar-refractivity contribution < 1.29 is 4.79 Å². The van der Waals surface area contributed by atoms with Crippen molar-refractivity contribution in [2.24, 2.45) is 7.05 Å². The molecule has 9 heteroatoms. The van der Waals surface area contributed by atoms with E-state index in [0.29, 0.717) is 5.56 Å². The number of nitrogens with one attached hydrogen (secondary N) is 2. The molecule has 0 bridgehead atoms. The first-order valence-corrected chi connectivity index (χ1v) is 11.5. The molecule has 9 nitrogen and oxygen atoms in total. The second-order valence-electron chi connectivity index (χ2n) is 9.04. The predicted molar refractivity (Wildman–Crippen MR) is 130 cm³/mol. The summed E-state index contributed by atoms with van der Waals surface area (Å²) in [6, 6.07) is 6.25. The molecule has 0 aromatic carbocycles. The van der Waals surface area contributed by atoms with Crippen LogP contribution in [0.15, 0.2) is 55.4 Å². The van der Waals surface area contributed by atoms with E-state index >= 15 is 0 Å². The molecule has 0 unspecified atom stereocenters. The van der Waals surface area contributed by atoms with Gasteiger partial charge in [-0.05, 0) is 62.3 Å². The number of H-pyrrole nitrogens is 1. The highest BCUT2D eigenvalue weighted by Crippen LogP contribution is 2.36. The van der Waals surface area contributed by atoms with Crippen molar-refractivity contribution in [3.8, 4) is 22.3 Å². The number of carbonyl (C=O) groups is 1.